The van der Waals surface area contributed by atoms with Crippen molar-refractivity contribution >= 4 is 5.71 Å². The lowest BCUT2D eigenvalue weighted by Gasteiger charge is -2.02. The molecule has 0 spiro atoms. The monoisotopic (exact) mass is 179 g/mol. The van der Waals surface area contributed by atoms with E-state index in [1.165, 1.54) is 7.11 Å². The second-order valence-corrected chi connectivity index (χ2v) is 2.86. The third kappa shape index (κ3) is 2.21. The molecule has 0 aliphatic rings. The Morgan fingerprint density at radius 2 is 2.15 bits per heavy atom. The highest BCUT2D eigenvalue weighted by Gasteiger charge is 2.01. The van der Waals surface area contributed by atoms with Gasteiger partial charge in [-0.2, -0.15) is 0 Å². The summed E-state index contributed by atoms with van der Waals surface area (Å²) in [5, 5.41) is 13.2. The zero-order valence-electron chi connectivity index (χ0n) is 8.03. The van der Waals surface area contributed by atoms with Crippen LogP contribution in [-0.4, -0.2) is 17.9 Å². The number of nitrogens with zero attached hydrogens (tertiary/aromatic N) is 1. The van der Waals surface area contributed by atoms with Gasteiger partial charge in [-0.3, -0.25) is 0 Å². The predicted octanol–water partition coefficient (Wildman–Crippen LogP) is 2.07. The van der Waals surface area contributed by atoms with Crippen LogP contribution in [0.5, 0.6) is 5.75 Å². The van der Waals surface area contributed by atoms with Crippen molar-refractivity contribution in [2.24, 2.45) is 5.16 Å². The summed E-state index contributed by atoms with van der Waals surface area (Å²) >= 11 is 0. The first-order chi connectivity index (χ1) is 6.15. The molecule has 0 atom stereocenters. The van der Waals surface area contributed by atoms with E-state index in [4.69, 9.17) is 0 Å². The van der Waals surface area contributed by atoms with Gasteiger partial charge in [-0.15, -0.1) is 0 Å². The Hall–Kier alpha value is -1.51. The van der Waals surface area contributed by atoms with Crippen LogP contribution in [0.2, 0.25) is 0 Å². The van der Waals surface area contributed by atoms with E-state index < -0.39 is 0 Å². The maximum Gasteiger partial charge on any atom is 0.119 e. The summed E-state index contributed by atoms with van der Waals surface area (Å²) in [5.74, 6) is 0.281. The molecule has 1 aromatic rings. The van der Waals surface area contributed by atoms with Crippen LogP contribution in [0, 0.1) is 6.92 Å². The van der Waals surface area contributed by atoms with Crippen LogP contribution < -0.4 is 0 Å². The van der Waals surface area contributed by atoms with Crippen LogP contribution >= 0.6 is 0 Å². The maximum absolute atomic E-state index is 9.42. The molecule has 0 aliphatic carbocycles. The van der Waals surface area contributed by atoms with Crippen LogP contribution in [-0.2, 0) is 4.84 Å². The number of phenols is 1. The number of rotatable bonds is 2. The second-order valence-electron chi connectivity index (χ2n) is 2.86. The van der Waals surface area contributed by atoms with Crippen LogP contribution in [0.25, 0.3) is 0 Å². The molecule has 0 unspecified atom stereocenters. The van der Waals surface area contributed by atoms with E-state index in [1.54, 1.807) is 6.07 Å². The van der Waals surface area contributed by atoms with Crippen molar-refractivity contribution < 1.29 is 9.94 Å². The minimum Gasteiger partial charge on any atom is -0.508 e. The molecule has 0 fully saturated rings. The van der Waals surface area contributed by atoms with Crippen molar-refractivity contribution in [2.75, 3.05) is 7.11 Å². The summed E-state index contributed by atoms with van der Waals surface area (Å²) in [7, 11) is 1.50. The Labute approximate surface area is 77.6 Å². The molecular formula is C10H13NO2. The molecule has 70 valence electrons. The molecule has 0 saturated heterocycles. The van der Waals surface area contributed by atoms with E-state index in [2.05, 4.69) is 9.99 Å². The standard InChI is InChI=1S/C10H13NO2/c1-7-4-5-9(6-10(7)12)8(2)11-13-3/h4-6,12H,1-3H3/b11-8+. The molecule has 0 aromatic heterocycles. The fraction of sp³-hybridized carbons (Fsp3) is 0.300. The van der Waals surface area contributed by atoms with Gasteiger partial charge < -0.3 is 9.94 Å². The lowest BCUT2D eigenvalue weighted by atomic mass is 10.1. The van der Waals surface area contributed by atoms with Crippen LogP contribution in [0.1, 0.15) is 18.1 Å². The van der Waals surface area contributed by atoms with E-state index >= 15 is 0 Å². The van der Waals surface area contributed by atoms with Gasteiger partial charge in [0.05, 0.1) is 5.71 Å². The minimum absolute atomic E-state index is 0.281. The molecule has 0 saturated carbocycles. The van der Waals surface area contributed by atoms with Crippen molar-refractivity contribution in [1.82, 2.24) is 0 Å². The number of phenolic OH excluding ortho intramolecular Hbond substituents is 1. The van der Waals surface area contributed by atoms with Crippen molar-refractivity contribution in [3.63, 3.8) is 0 Å². The lowest BCUT2D eigenvalue weighted by Crippen LogP contribution is -1.95. The van der Waals surface area contributed by atoms with E-state index in [1.807, 2.05) is 26.0 Å². The summed E-state index contributed by atoms with van der Waals surface area (Å²) in [6, 6.07) is 5.42. The van der Waals surface area contributed by atoms with Gasteiger partial charge in [-0.05, 0) is 25.5 Å². The molecule has 13 heavy (non-hydrogen) atoms. The smallest absolute Gasteiger partial charge is 0.119 e. The van der Waals surface area contributed by atoms with E-state index in [-0.39, 0.29) is 5.75 Å². The first-order valence-electron chi connectivity index (χ1n) is 4.03. The van der Waals surface area contributed by atoms with Gasteiger partial charge in [-0.25, -0.2) is 0 Å². The lowest BCUT2D eigenvalue weighted by molar-refractivity contribution is 0.213. The number of aryl methyl sites for hydroxylation is 1. The largest absolute Gasteiger partial charge is 0.508 e. The minimum atomic E-state index is 0.281. The van der Waals surface area contributed by atoms with Gasteiger partial charge in [0.2, 0.25) is 0 Å². The highest BCUT2D eigenvalue weighted by Crippen LogP contribution is 2.17. The maximum atomic E-state index is 9.42. The molecule has 0 amide bonds. The first-order valence-corrected chi connectivity index (χ1v) is 4.03. The van der Waals surface area contributed by atoms with Crippen LogP contribution in [0.15, 0.2) is 23.4 Å². The Morgan fingerprint density at radius 1 is 1.46 bits per heavy atom. The third-order valence-corrected chi connectivity index (χ3v) is 1.86. The molecule has 0 radical (unpaired) electrons. The number of oxime groups is 1. The highest BCUT2D eigenvalue weighted by atomic mass is 16.6. The first kappa shape index (κ1) is 9.58. The van der Waals surface area contributed by atoms with Crippen LogP contribution in [0.4, 0.5) is 0 Å². The van der Waals surface area contributed by atoms with Gasteiger partial charge in [0, 0.05) is 5.56 Å². The number of hydrogen-bond acceptors (Lipinski definition) is 3. The van der Waals surface area contributed by atoms with Gasteiger partial charge in [-0.1, -0.05) is 17.3 Å². The molecule has 0 heterocycles. The zero-order valence-corrected chi connectivity index (χ0v) is 8.03. The summed E-state index contributed by atoms with van der Waals surface area (Å²) < 4.78 is 0. The van der Waals surface area contributed by atoms with Crippen LogP contribution in [0.3, 0.4) is 0 Å². The fourth-order valence-corrected chi connectivity index (χ4v) is 1.02. The van der Waals surface area contributed by atoms with Crippen molar-refractivity contribution in [3.05, 3.63) is 29.3 Å². The molecular weight excluding hydrogens is 166 g/mol. The molecule has 1 N–H and O–H groups in total. The molecule has 0 aliphatic heterocycles. The summed E-state index contributed by atoms with van der Waals surface area (Å²) in [4.78, 5) is 4.63. The van der Waals surface area contributed by atoms with Crippen molar-refractivity contribution in [3.8, 4) is 5.75 Å². The number of aromatic hydroxyl groups is 1. The average molecular weight is 179 g/mol. The Morgan fingerprint density at radius 3 is 2.69 bits per heavy atom. The Balaban J connectivity index is 3.04. The van der Waals surface area contributed by atoms with Gasteiger partial charge >= 0.3 is 0 Å². The quantitative estimate of drug-likeness (QED) is 0.557. The normalized spacial score (nSPS) is 11.5. The summed E-state index contributed by atoms with van der Waals surface area (Å²) in [5.41, 5.74) is 2.47. The highest BCUT2D eigenvalue weighted by molar-refractivity contribution is 5.98. The van der Waals surface area contributed by atoms with E-state index in [0.29, 0.717) is 0 Å². The van der Waals surface area contributed by atoms with Gasteiger partial charge in [0.25, 0.3) is 0 Å². The molecule has 3 nitrogen and oxygen atoms in total. The Bertz CT molecular complexity index is 332. The van der Waals surface area contributed by atoms with Gasteiger partial charge in [0.1, 0.15) is 12.9 Å². The van der Waals surface area contributed by atoms with E-state index in [0.717, 1.165) is 16.8 Å². The average Bonchev–Trinajstić information content (AvgIpc) is 2.10. The zero-order chi connectivity index (χ0) is 9.84. The molecule has 1 rings (SSSR count). The second kappa shape index (κ2) is 3.94. The summed E-state index contributed by atoms with van der Waals surface area (Å²) in [6.45, 7) is 3.68. The number of hydrogen-bond donors (Lipinski definition) is 1. The van der Waals surface area contributed by atoms with Crippen molar-refractivity contribution in [1.29, 1.82) is 0 Å². The third-order valence-electron chi connectivity index (χ3n) is 1.86. The number of benzene rings is 1. The fourth-order valence-electron chi connectivity index (χ4n) is 1.02. The van der Waals surface area contributed by atoms with Gasteiger partial charge in [0.15, 0.2) is 0 Å². The molecule has 1 aromatic carbocycles. The predicted molar refractivity (Wildman–Crippen MR) is 52.1 cm³/mol. The summed E-state index contributed by atoms with van der Waals surface area (Å²) in [6.07, 6.45) is 0. The molecule has 0 bridgehead atoms. The molecule has 3 heteroatoms. The SMILES string of the molecule is CO/N=C(\C)c1ccc(C)c(O)c1. The topological polar surface area (TPSA) is 41.8 Å². The van der Waals surface area contributed by atoms with Crippen molar-refractivity contribution in [2.45, 2.75) is 13.8 Å². The Kier molecular flexibility index (Phi) is 2.90. The van der Waals surface area contributed by atoms with E-state index in [9.17, 15) is 5.11 Å².